The number of nitro benzene ring substituents is 1. The van der Waals surface area contributed by atoms with E-state index in [0.29, 0.717) is 4.99 Å². The highest BCUT2D eigenvalue weighted by atomic mass is 32.2. The normalized spacial score (nSPS) is 14.4. The third-order valence-corrected chi connectivity index (χ3v) is 3.34. The first kappa shape index (κ1) is 9.42. The van der Waals surface area contributed by atoms with E-state index in [1.165, 1.54) is 12.1 Å². The summed E-state index contributed by atoms with van der Waals surface area (Å²) in [6, 6.07) is 4.75. The Morgan fingerprint density at radius 1 is 1.57 bits per heavy atom. The first-order chi connectivity index (χ1) is 6.66. The lowest BCUT2D eigenvalue weighted by molar-refractivity contribution is -0.384. The summed E-state index contributed by atoms with van der Waals surface area (Å²) >= 11 is 6.58. The van der Waals surface area contributed by atoms with Gasteiger partial charge in [-0.25, -0.2) is 0 Å². The molecule has 4 nitrogen and oxygen atoms in total. The van der Waals surface area contributed by atoms with Gasteiger partial charge in [0.25, 0.3) is 5.69 Å². The van der Waals surface area contributed by atoms with Gasteiger partial charge in [0, 0.05) is 22.8 Å². The number of hydrogen-bond donors (Lipinski definition) is 1. The van der Waals surface area contributed by atoms with Crippen LogP contribution < -0.4 is 5.32 Å². The van der Waals surface area contributed by atoms with Crippen molar-refractivity contribution in [3.8, 4) is 0 Å². The van der Waals surface area contributed by atoms with Crippen LogP contribution in [0, 0.1) is 10.1 Å². The second kappa shape index (κ2) is 3.55. The Bertz CT molecular complexity index is 420. The van der Waals surface area contributed by atoms with E-state index in [1.54, 1.807) is 17.8 Å². The maximum absolute atomic E-state index is 10.5. The lowest BCUT2D eigenvalue weighted by Gasteiger charge is -2.17. The summed E-state index contributed by atoms with van der Waals surface area (Å²) in [7, 11) is 0. The maximum atomic E-state index is 10.5. The average Bonchev–Trinajstić information content (AvgIpc) is 2.16. The second-order valence-electron chi connectivity index (χ2n) is 2.77. The highest BCUT2D eigenvalue weighted by molar-refractivity contribution is 8.01. The molecule has 1 aliphatic heterocycles. The van der Waals surface area contributed by atoms with Crippen LogP contribution in [0.5, 0.6) is 0 Å². The van der Waals surface area contributed by atoms with Gasteiger partial charge >= 0.3 is 0 Å². The monoisotopic (exact) mass is 226 g/mol. The molecule has 0 bridgehead atoms. The quantitative estimate of drug-likeness (QED) is 0.453. The third-order valence-electron chi connectivity index (χ3n) is 1.81. The zero-order chi connectivity index (χ0) is 10.1. The Hall–Kier alpha value is -1.14. The molecule has 1 aliphatic rings. The van der Waals surface area contributed by atoms with E-state index in [4.69, 9.17) is 12.2 Å². The van der Waals surface area contributed by atoms with E-state index in [0.717, 1.165) is 16.3 Å². The number of thiocarbonyl (C=S) groups is 1. The zero-order valence-corrected chi connectivity index (χ0v) is 8.65. The summed E-state index contributed by atoms with van der Waals surface area (Å²) in [5, 5.41) is 13.5. The molecule has 0 fully saturated rings. The Balaban J connectivity index is 2.42. The molecular weight excluding hydrogens is 220 g/mol. The first-order valence-electron chi connectivity index (χ1n) is 3.88. The van der Waals surface area contributed by atoms with E-state index >= 15 is 0 Å². The lowest BCUT2D eigenvalue weighted by atomic mass is 10.3. The smallest absolute Gasteiger partial charge is 0.271 e. The van der Waals surface area contributed by atoms with Crippen molar-refractivity contribution in [3.63, 3.8) is 0 Å². The van der Waals surface area contributed by atoms with Crippen molar-refractivity contribution >= 4 is 40.3 Å². The number of fused-ring (bicyclic) bond motifs is 1. The number of hydrogen-bond acceptors (Lipinski definition) is 4. The average molecular weight is 226 g/mol. The van der Waals surface area contributed by atoms with Gasteiger partial charge in [0.2, 0.25) is 0 Å². The van der Waals surface area contributed by atoms with Gasteiger partial charge in [-0.05, 0) is 6.07 Å². The van der Waals surface area contributed by atoms with Crippen molar-refractivity contribution in [2.75, 3.05) is 11.1 Å². The summed E-state index contributed by atoms with van der Waals surface area (Å²) < 4.78 is 0. The molecule has 1 N–H and O–H groups in total. The van der Waals surface area contributed by atoms with Crippen LogP contribution in [0.2, 0.25) is 0 Å². The lowest BCUT2D eigenvalue weighted by Crippen LogP contribution is -2.16. The van der Waals surface area contributed by atoms with E-state index in [-0.39, 0.29) is 5.69 Å². The van der Waals surface area contributed by atoms with Gasteiger partial charge in [0.1, 0.15) is 0 Å². The molecule has 2 rings (SSSR count). The fourth-order valence-corrected chi connectivity index (χ4v) is 2.26. The van der Waals surface area contributed by atoms with Crippen LogP contribution in [0.25, 0.3) is 0 Å². The summed E-state index contributed by atoms with van der Waals surface area (Å²) in [5.41, 5.74) is 0.821. The number of non-ortho nitro benzene ring substituents is 1. The van der Waals surface area contributed by atoms with Crippen LogP contribution in [0.1, 0.15) is 0 Å². The number of benzene rings is 1. The molecule has 1 aromatic carbocycles. The minimum Gasteiger partial charge on any atom is -0.348 e. The van der Waals surface area contributed by atoms with Gasteiger partial charge in [-0.1, -0.05) is 12.2 Å². The minimum atomic E-state index is -0.412. The third kappa shape index (κ3) is 1.71. The predicted molar refractivity (Wildman–Crippen MR) is 60.0 cm³/mol. The van der Waals surface area contributed by atoms with Gasteiger partial charge in [-0.2, -0.15) is 0 Å². The Labute approximate surface area is 89.8 Å². The van der Waals surface area contributed by atoms with Gasteiger partial charge in [-0.3, -0.25) is 10.1 Å². The molecular formula is C8H6N2O2S2. The molecule has 72 valence electrons. The molecule has 0 spiro atoms. The molecule has 14 heavy (non-hydrogen) atoms. The molecule has 6 heteroatoms. The molecule has 0 aliphatic carbocycles. The fourth-order valence-electron chi connectivity index (χ4n) is 1.18. The van der Waals surface area contributed by atoms with Crippen LogP contribution >= 0.6 is 24.0 Å². The summed E-state index contributed by atoms with van der Waals surface area (Å²) in [6.07, 6.45) is 0. The minimum absolute atomic E-state index is 0.0848. The molecule has 0 saturated carbocycles. The van der Waals surface area contributed by atoms with Crippen molar-refractivity contribution in [1.82, 2.24) is 0 Å². The van der Waals surface area contributed by atoms with Crippen molar-refractivity contribution in [1.29, 1.82) is 0 Å². The molecule has 0 atom stereocenters. The Morgan fingerprint density at radius 2 is 2.36 bits per heavy atom. The van der Waals surface area contributed by atoms with Gasteiger partial charge in [0.05, 0.1) is 15.6 Å². The van der Waals surface area contributed by atoms with Crippen LogP contribution in [0.3, 0.4) is 0 Å². The van der Waals surface area contributed by atoms with E-state index in [2.05, 4.69) is 5.32 Å². The number of nitro groups is 1. The molecule has 0 amide bonds. The number of thioether (sulfide) groups is 1. The number of nitrogens with one attached hydrogen (secondary N) is 1. The van der Waals surface area contributed by atoms with Gasteiger partial charge in [-0.15, -0.1) is 11.8 Å². The number of anilines is 1. The molecule has 0 radical (unpaired) electrons. The van der Waals surface area contributed by atoms with Crippen molar-refractivity contribution in [3.05, 3.63) is 28.3 Å². The van der Waals surface area contributed by atoms with Gasteiger partial charge < -0.3 is 5.32 Å². The topological polar surface area (TPSA) is 55.2 Å². The second-order valence-corrected chi connectivity index (χ2v) is 4.28. The largest absolute Gasteiger partial charge is 0.348 e. The molecule has 0 aromatic heterocycles. The van der Waals surface area contributed by atoms with Crippen LogP contribution in [0.15, 0.2) is 23.1 Å². The highest BCUT2D eigenvalue weighted by Crippen LogP contribution is 2.34. The predicted octanol–water partition coefficient (Wildman–Crippen LogP) is 2.44. The van der Waals surface area contributed by atoms with Crippen LogP contribution in [-0.2, 0) is 0 Å². The molecule has 0 saturated heterocycles. The van der Waals surface area contributed by atoms with E-state index in [1.807, 2.05) is 0 Å². The van der Waals surface area contributed by atoms with Crippen LogP contribution in [-0.4, -0.2) is 15.7 Å². The number of nitrogens with zero attached hydrogens (tertiary/aromatic N) is 1. The van der Waals surface area contributed by atoms with E-state index in [9.17, 15) is 10.1 Å². The SMILES string of the molecule is O=[N+]([O-])c1ccc2c(c1)NC(=S)CS2. The molecule has 1 aromatic rings. The number of rotatable bonds is 1. The standard InChI is InChI=1S/C8H6N2O2S2/c11-10(12)5-1-2-7-6(3-5)9-8(13)4-14-7/h1-3H,4H2,(H,9,13). The van der Waals surface area contributed by atoms with Crippen molar-refractivity contribution < 1.29 is 4.92 Å². The molecule has 0 unspecified atom stereocenters. The maximum Gasteiger partial charge on any atom is 0.271 e. The summed E-state index contributed by atoms with van der Waals surface area (Å²) in [6.45, 7) is 0. The fraction of sp³-hybridized carbons (Fsp3) is 0.125. The molecule has 1 heterocycles. The summed E-state index contributed by atoms with van der Waals surface area (Å²) in [4.78, 5) is 11.8. The summed E-state index contributed by atoms with van der Waals surface area (Å²) in [5.74, 6) is 0.736. The van der Waals surface area contributed by atoms with Crippen molar-refractivity contribution in [2.45, 2.75) is 4.90 Å². The Morgan fingerprint density at radius 3 is 3.07 bits per heavy atom. The zero-order valence-electron chi connectivity index (χ0n) is 7.02. The van der Waals surface area contributed by atoms with Crippen LogP contribution in [0.4, 0.5) is 11.4 Å². The van der Waals surface area contributed by atoms with E-state index < -0.39 is 4.92 Å². The first-order valence-corrected chi connectivity index (χ1v) is 5.27. The van der Waals surface area contributed by atoms with Gasteiger partial charge in [0.15, 0.2) is 0 Å². The van der Waals surface area contributed by atoms with Crippen molar-refractivity contribution in [2.24, 2.45) is 0 Å². The Kier molecular flexibility index (Phi) is 2.39. The highest BCUT2D eigenvalue weighted by Gasteiger charge is 2.16.